The van der Waals surface area contributed by atoms with Gasteiger partial charge in [-0.2, -0.15) is 4.31 Å². The molecule has 30 heavy (non-hydrogen) atoms. The van der Waals surface area contributed by atoms with Crippen LogP contribution >= 0.6 is 0 Å². The summed E-state index contributed by atoms with van der Waals surface area (Å²) in [7, 11) is -1.95. The molecule has 1 fully saturated rings. The Morgan fingerprint density at radius 3 is 2.73 bits per heavy atom. The number of benzene rings is 2. The van der Waals surface area contributed by atoms with Gasteiger partial charge in [-0.3, -0.25) is 4.79 Å². The molecular weight excluding hydrogens is 400 g/mol. The van der Waals surface area contributed by atoms with Crippen LogP contribution in [0.5, 0.6) is 5.75 Å². The van der Waals surface area contributed by atoms with Gasteiger partial charge in [-0.05, 0) is 60.9 Å². The van der Waals surface area contributed by atoms with Crippen LogP contribution in [-0.2, 0) is 27.7 Å². The van der Waals surface area contributed by atoms with Crippen molar-refractivity contribution in [2.45, 2.75) is 37.5 Å². The number of sulfonamides is 1. The summed E-state index contributed by atoms with van der Waals surface area (Å²) in [6.45, 7) is 3.15. The lowest BCUT2D eigenvalue weighted by Crippen LogP contribution is -2.40. The van der Waals surface area contributed by atoms with E-state index in [4.69, 9.17) is 4.74 Å². The SMILES string of the molecule is COc1ccccc1CC1CCCN(S(=O)(=O)c2ccc3c(c2)N(C(C)=O)CC3)C1. The second kappa shape index (κ2) is 8.40. The van der Waals surface area contributed by atoms with Gasteiger partial charge in [0.05, 0.1) is 12.0 Å². The average molecular weight is 429 g/mol. The molecule has 0 N–H and O–H groups in total. The second-order valence-electron chi connectivity index (χ2n) is 8.10. The van der Waals surface area contributed by atoms with Gasteiger partial charge in [0, 0.05) is 32.2 Å². The molecule has 6 nitrogen and oxygen atoms in total. The van der Waals surface area contributed by atoms with Crippen LogP contribution in [0, 0.1) is 5.92 Å². The number of ether oxygens (including phenoxy) is 1. The fourth-order valence-electron chi connectivity index (χ4n) is 4.59. The van der Waals surface area contributed by atoms with Gasteiger partial charge in [0.1, 0.15) is 5.75 Å². The molecule has 1 saturated heterocycles. The highest BCUT2D eigenvalue weighted by Crippen LogP contribution is 2.33. The number of para-hydroxylation sites is 1. The summed E-state index contributed by atoms with van der Waals surface area (Å²) in [5.74, 6) is 1.03. The molecule has 4 rings (SSSR count). The van der Waals surface area contributed by atoms with Crippen molar-refractivity contribution < 1.29 is 17.9 Å². The van der Waals surface area contributed by atoms with Gasteiger partial charge in [-0.1, -0.05) is 24.3 Å². The van der Waals surface area contributed by atoms with Crippen LogP contribution in [0.2, 0.25) is 0 Å². The standard InChI is InChI=1S/C23H28N2O4S/c1-17(26)25-13-11-19-9-10-21(15-22(19)25)30(27,28)24-12-5-6-18(16-24)14-20-7-3-4-8-23(20)29-2/h3-4,7-10,15,18H,5-6,11-14,16H2,1-2H3. The number of carbonyl (C=O) groups excluding carboxylic acids is 1. The number of fused-ring (bicyclic) bond motifs is 1. The maximum atomic E-state index is 13.4. The molecule has 2 aromatic carbocycles. The van der Waals surface area contributed by atoms with Gasteiger partial charge in [-0.25, -0.2) is 8.42 Å². The number of hydrogen-bond acceptors (Lipinski definition) is 4. The van der Waals surface area contributed by atoms with Crippen molar-refractivity contribution in [1.29, 1.82) is 0 Å². The summed E-state index contributed by atoms with van der Waals surface area (Å²) >= 11 is 0. The number of rotatable bonds is 5. The van der Waals surface area contributed by atoms with Crippen LogP contribution < -0.4 is 9.64 Å². The first-order chi connectivity index (χ1) is 14.4. The number of piperidine rings is 1. The molecule has 0 aromatic heterocycles. The first-order valence-corrected chi connectivity index (χ1v) is 11.9. The van der Waals surface area contributed by atoms with Crippen molar-refractivity contribution in [3.8, 4) is 5.75 Å². The van der Waals surface area contributed by atoms with Gasteiger partial charge in [-0.15, -0.1) is 0 Å². The minimum atomic E-state index is -3.61. The minimum Gasteiger partial charge on any atom is -0.496 e. The zero-order valence-corrected chi connectivity index (χ0v) is 18.3. The molecule has 0 bridgehead atoms. The molecule has 1 unspecified atom stereocenters. The zero-order valence-electron chi connectivity index (χ0n) is 17.5. The lowest BCUT2D eigenvalue weighted by molar-refractivity contribution is -0.116. The molecule has 2 aromatic rings. The third-order valence-electron chi connectivity index (χ3n) is 6.15. The first-order valence-electron chi connectivity index (χ1n) is 10.4. The average Bonchev–Trinajstić information content (AvgIpc) is 3.18. The Hall–Kier alpha value is -2.38. The third kappa shape index (κ3) is 3.96. The van der Waals surface area contributed by atoms with E-state index < -0.39 is 10.0 Å². The minimum absolute atomic E-state index is 0.0573. The van der Waals surface area contributed by atoms with Crippen molar-refractivity contribution in [2.24, 2.45) is 5.92 Å². The smallest absolute Gasteiger partial charge is 0.243 e. The molecule has 2 aliphatic heterocycles. The van der Waals surface area contributed by atoms with E-state index in [2.05, 4.69) is 0 Å². The van der Waals surface area contributed by atoms with Gasteiger partial charge < -0.3 is 9.64 Å². The second-order valence-corrected chi connectivity index (χ2v) is 10.0. The fraction of sp³-hybridized carbons (Fsp3) is 0.435. The Bertz CT molecular complexity index is 1050. The zero-order chi connectivity index (χ0) is 21.3. The monoisotopic (exact) mass is 428 g/mol. The van der Waals surface area contributed by atoms with E-state index in [-0.39, 0.29) is 16.7 Å². The summed E-state index contributed by atoms with van der Waals surface area (Å²) in [4.78, 5) is 13.8. The molecule has 0 aliphatic carbocycles. The van der Waals surface area contributed by atoms with E-state index >= 15 is 0 Å². The largest absolute Gasteiger partial charge is 0.496 e. The van der Waals surface area contributed by atoms with Crippen LogP contribution in [0.25, 0.3) is 0 Å². The van der Waals surface area contributed by atoms with E-state index in [1.54, 1.807) is 28.4 Å². The van der Waals surface area contributed by atoms with E-state index in [0.29, 0.717) is 19.6 Å². The Morgan fingerprint density at radius 1 is 1.17 bits per heavy atom. The molecule has 160 valence electrons. The summed E-state index contributed by atoms with van der Waals surface area (Å²) in [6.07, 6.45) is 3.38. The Labute approximate surface area is 178 Å². The van der Waals surface area contributed by atoms with Gasteiger partial charge >= 0.3 is 0 Å². The summed E-state index contributed by atoms with van der Waals surface area (Å²) in [6, 6.07) is 13.1. The molecule has 2 aliphatic rings. The molecule has 0 radical (unpaired) electrons. The molecule has 0 saturated carbocycles. The highest BCUT2D eigenvalue weighted by atomic mass is 32.2. The van der Waals surface area contributed by atoms with Crippen LogP contribution in [0.15, 0.2) is 47.4 Å². The number of anilines is 1. The highest BCUT2D eigenvalue weighted by molar-refractivity contribution is 7.89. The Balaban J connectivity index is 1.55. The first kappa shape index (κ1) is 20.9. The maximum Gasteiger partial charge on any atom is 0.243 e. The predicted molar refractivity (Wildman–Crippen MR) is 116 cm³/mol. The fourth-order valence-corrected chi connectivity index (χ4v) is 6.17. The number of carbonyl (C=O) groups is 1. The number of methoxy groups -OCH3 is 1. The van der Waals surface area contributed by atoms with Crippen LogP contribution in [0.4, 0.5) is 5.69 Å². The van der Waals surface area contributed by atoms with Crippen molar-refractivity contribution in [1.82, 2.24) is 4.31 Å². The van der Waals surface area contributed by atoms with E-state index in [1.165, 1.54) is 6.92 Å². The number of nitrogens with zero attached hydrogens (tertiary/aromatic N) is 2. The Kier molecular flexibility index (Phi) is 5.84. The van der Waals surface area contributed by atoms with E-state index in [1.807, 2.05) is 30.3 Å². The van der Waals surface area contributed by atoms with Crippen molar-refractivity contribution >= 4 is 21.6 Å². The van der Waals surface area contributed by atoms with Crippen molar-refractivity contribution in [2.75, 3.05) is 31.6 Å². The molecule has 0 spiro atoms. The highest BCUT2D eigenvalue weighted by Gasteiger charge is 2.32. The lowest BCUT2D eigenvalue weighted by Gasteiger charge is -2.32. The van der Waals surface area contributed by atoms with Crippen molar-refractivity contribution in [3.63, 3.8) is 0 Å². The van der Waals surface area contributed by atoms with Crippen molar-refractivity contribution in [3.05, 3.63) is 53.6 Å². The maximum absolute atomic E-state index is 13.4. The molecule has 2 heterocycles. The molecular formula is C23H28N2O4S. The summed E-state index contributed by atoms with van der Waals surface area (Å²) in [5.41, 5.74) is 2.86. The quantitative estimate of drug-likeness (QED) is 0.733. The van der Waals surface area contributed by atoms with Crippen LogP contribution in [-0.4, -0.2) is 45.4 Å². The summed E-state index contributed by atoms with van der Waals surface area (Å²) < 4.78 is 33.8. The van der Waals surface area contributed by atoms with Crippen LogP contribution in [0.1, 0.15) is 30.9 Å². The van der Waals surface area contributed by atoms with E-state index in [9.17, 15) is 13.2 Å². The van der Waals surface area contributed by atoms with Gasteiger partial charge in [0.15, 0.2) is 0 Å². The normalized spacial score (nSPS) is 19.5. The topological polar surface area (TPSA) is 66.9 Å². The molecule has 1 amide bonds. The Morgan fingerprint density at radius 2 is 1.97 bits per heavy atom. The van der Waals surface area contributed by atoms with Crippen LogP contribution in [0.3, 0.4) is 0 Å². The third-order valence-corrected chi connectivity index (χ3v) is 8.01. The predicted octanol–water partition coefficient (Wildman–Crippen LogP) is 3.25. The molecule has 7 heteroatoms. The number of hydrogen-bond donors (Lipinski definition) is 0. The summed E-state index contributed by atoms with van der Waals surface area (Å²) in [5, 5.41) is 0. The lowest BCUT2D eigenvalue weighted by atomic mass is 9.92. The van der Waals surface area contributed by atoms with E-state index in [0.717, 1.165) is 48.2 Å². The molecule has 1 atom stereocenters. The van der Waals surface area contributed by atoms with Gasteiger partial charge in [0.25, 0.3) is 0 Å². The number of amides is 1. The van der Waals surface area contributed by atoms with Gasteiger partial charge in [0.2, 0.25) is 15.9 Å².